The summed E-state index contributed by atoms with van der Waals surface area (Å²) in [4.78, 5) is 22.2. The van der Waals surface area contributed by atoms with E-state index in [1.54, 1.807) is 19.1 Å². The number of aldehydes is 1. The zero-order valence-electron chi connectivity index (χ0n) is 9.36. The standard InChI is InChI=1S/C12H14O4/c1-3-15-11-6-5-9(7-10(11)8-13)12(14)16-4-2/h5-8H,3-4H2,1-2H3. The van der Waals surface area contributed by atoms with Gasteiger partial charge >= 0.3 is 5.97 Å². The summed E-state index contributed by atoms with van der Waals surface area (Å²) in [5.41, 5.74) is 0.708. The smallest absolute Gasteiger partial charge is 0.338 e. The summed E-state index contributed by atoms with van der Waals surface area (Å²) in [6.45, 7) is 4.34. The van der Waals surface area contributed by atoms with Crippen molar-refractivity contribution in [3.05, 3.63) is 29.3 Å². The number of benzene rings is 1. The normalized spacial score (nSPS) is 9.62. The lowest BCUT2D eigenvalue weighted by atomic mass is 10.1. The molecule has 0 aromatic heterocycles. The summed E-state index contributed by atoms with van der Waals surface area (Å²) < 4.78 is 10.1. The topological polar surface area (TPSA) is 52.6 Å². The van der Waals surface area contributed by atoms with E-state index in [1.165, 1.54) is 6.07 Å². The molecular formula is C12H14O4. The largest absolute Gasteiger partial charge is 0.493 e. The number of ether oxygens (including phenoxy) is 2. The average Bonchev–Trinajstić information content (AvgIpc) is 2.30. The Kier molecular flexibility index (Phi) is 4.51. The van der Waals surface area contributed by atoms with Crippen molar-refractivity contribution in [3.8, 4) is 5.75 Å². The second-order valence-corrected chi connectivity index (χ2v) is 3.02. The Morgan fingerprint density at radius 2 is 2.06 bits per heavy atom. The van der Waals surface area contributed by atoms with E-state index in [-0.39, 0.29) is 0 Å². The van der Waals surface area contributed by atoms with Crippen molar-refractivity contribution >= 4 is 12.3 Å². The minimum absolute atomic E-state index is 0.308. The lowest BCUT2D eigenvalue weighted by molar-refractivity contribution is 0.0526. The highest BCUT2D eigenvalue weighted by Gasteiger charge is 2.10. The van der Waals surface area contributed by atoms with Crippen LogP contribution in [0.5, 0.6) is 5.75 Å². The molecule has 0 saturated heterocycles. The van der Waals surface area contributed by atoms with Gasteiger partial charge in [-0.05, 0) is 32.0 Å². The van der Waals surface area contributed by atoms with Crippen molar-refractivity contribution < 1.29 is 19.1 Å². The maximum atomic E-state index is 11.4. The van der Waals surface area contributed by atoms with Gasteiger partial charge in [-0.1, -0.05) is 0 Å². The van der Waals surface area contributed by atoms with Crippen LogP contribution in [0.3, 0.4) is 0 Å². The van der Waals surface area contributed by atoms with Crippen molar-refractivity contribution in [1.82, 2.24) is 0 Å². The summed E-state index contributed by atoms with van der Waals surface area (Å²) in [7, 11) is 0. The molecule has 0 N–H and O–H groups in total. The molecule has 1 rings (SSSR count). The summed E-state index contributed by atoms with van der Waals surface area (Å²) >= 11 is 0. The minimum Gasteiger partial charge on any atom is -0.493 e. The van der Waals surface area contributed by atoms with Crippen molar-refractivity contribution in [2.45, 2.75) is 13.8 Å². The van der Waals surface area contributed by atoms with E-state index in [9.17, 15) is 9.59 Å². The molecular weight excluding hydrogens is 208 g/mol. The van der Waals surface area contributed by atoms with Gasteiger partial charge in [0, 0.05) is 0 Å². The zero-order chi connectivity index (χ0) is 12.0. The van der Waals surface area contributed by atoms with Crippen LogP contribution in [0.1, 0.15) is 34.6 Å². The van der Waals surface area contributed by atoms with Crippen LogP contribution < -0.4 is 4.74 Å². The highest BCUT2D eigenvalue weighted by Crippen LogP contribution is 2.19. The maximum Gasteiger partial charge on any atom is 0.338 e. The molecule has 16 heavy (non-hydrogen) atoms. The van der Waals surface area contributed by atoms with E-state index in [2.05, 4.69) is 0 Å². The molecule has 0 amide bonds. The van der Waals surface area contributed by atoms with Crippen LogP contribution in [0.2, 0.25) is 0 Å². The Morgan fingerprint density at radius 1 is 1.31 bits per heavy atom. The highest BCUT2D eigenvalue weighted by molar-refractivity contribution is 5.92. The van der Waals surface area contributed by atoms with E-state index in [0.29, 0.717) is 36.4 Å². The first-order valence-corrected chi connectivity index (χ1v) is 5.12. The average molecular weight is 222 g/mol. The summed E-state index contributed by atoms with van der Waals surface area (Å²) in [6.07, 6.45) is 0.660. The Balaban J connectivity index is 2.98. The van der Waals surface area contributed by atoms with Crippen molar-refractivity contribution in [3.63, 3.8) is 0 Å². The molecule has 4 nitrogen and oxygen atoms in total. The molecule has 0 fully saturated rings. The summed E-state index contributed by atoms with van der Waals surface area (Å²) in [5.74, 6) is 0.0409. The molecule has 0 heterocycles. The summed E-state index contributed by atoms with van der Waals surface area (Å²) in [5, 5.41) is 0. The van der Waals surface area contributed by atoms with Gasteiger partial charge in [0.05, 0.1) is 24.3 Å². The van der Waals surface area contributed by atoms with Crippen molar-refractivity contribution in [2.24, 2.45) is 0 Å². The first-order chi connectivity index (χ1) is 7.72. The van der Waals surface area contributed by atoms with Gasteiger partial charge in [-0.25, -0.2) is 4.79 Å². The molecule has 0 saturated carbocycles. The van der Waals surface area contributed by atoms with Crippen LogP contribution in [-0.4, -0.2) is 25.5 Å². The van der Waals surface area contributed by atoms with Crippen LogP contribution >= 0.6 is 0 Å². The Bertz CT molecular complexity index is 385. The van der Waals surface area contributed by atoms with Gasteiger partial charge in [0.15, 0.2) is 6.29 Å². The third-order valence-electron chi connectivity index (χ3n) is 1.95. The lowest BCUT2D eigenvalue weighted by Gasteiger charge is -2.07. The predicted octanol–water partition coefficient (Wildman–Crippen LogP) is 2.07. The van der Waals surface area contributed by atoms with Crippen molar-refractivity contribution in [2.75, 3.05) is 13.2 Å². The van der Waals surface area contributed by atoms with Crippen LogP contribution in [0.15, 0.2) is 18.2 Å². The molecule has 0 radical (unpaired) electrons. The molecule has 1 aromatic rings. The number of carbonyl (C=O) groups is 2. The monoisotopic (exact) mass is 222 g/mol. The molecule has 0 spiro atoms. The van der Waals surface area contributed by atoms with Crippen LogP contribution in [-0.2, 0) is 4.74 Å². The van der Waals surface area contributed by atoms with Crippen molar-refractivity contribution in [1.29, 1.82) is 0 Å². The fourth-order valence-corrected chi connectivity index (χ4v) is 1.27. The van der Waals surface area contributed by atoms with Gasteiger partial charge in [-0.2, -0.15) is 0 Å². The Labute approximate surface area is 94.2 Å². The minimum atomic E-state index is -0.436. The molecule has 0 aliphatic heterocycles. The molecule has 4 heteroatoms. The van der Waals surface area contributed by atoms with E-state index >= 15 is 0 Å². The molecule has 0 aliphatic rings. The van der Waals surface area contributed by atoms with Gasteiger partial charge in [-0.3, -0.25) is 4.79 Å². The molecule has 0 bridgehead atoms. The van der Waals surface area contributed by atoms with E-state index in [1.807, 2.05) is 6.92 Å². The predicted molar refractivity (Wildman–Crippen MR) is 59.0 cm³/mol. The number of hydrogen-bond acceptors (Lipinski definition) is 4. The third kappa shape index (κ3) is 2.82. The second-order valence-electron chi connectivity index (χ2n) is 3.02. The first kappa shape index (κ1) is 12.2. The number of carbonyl (C=O) groups excluding carboxylic acids is 2. The fraction of sp³-hybridized carbons (Fsp3) is 0.333. The molecule has 0 aliphatic carbocycles. The first-order valence-electron chi connectivity index (χ1n) is 5.12. The van der Waals surface area contributed by atoms with Gasteiger partial charge < -0.3 is 9.47 Å². The number of rotatable bonds is 5. The molecule has 0 atom stereocenters. The summed E-state index contributed by atoms with van der Waals surface area (Å²) in [6, 6.07) is 4.64. The Hall–Kier alpha value is -1.84. The zero-order valence-corrected chi connectivity index (χ0v) is 9.36. The van der Waals surface area contributed by atoms with Crippen LogP contribution in [0, 0.1) is 0 Å². The SMILES string of the molecule is CCOC(=O)c1ccc(OCC)c(C=O)c1. The van der Waals surface area contributed by atoms with E-state index in [0.717, 1.165) is 0 Å². The van der Waals surface area contributed by atoms with Crippen LogP contribution in [0.25, 0.3) is 0 Å². The lowest BCUT2D eigenvalue weighted by Crippen LogP contribution is -2.06. The fourth-order valence-electron chi connectivity index (χ4n) is 1.27. The number of esters is 1. The van der Waals surface area contributed by atoms with E-state index < -0.39 is 5.97 Å². The maximum absolute atomic E-state index is 11.4. The molecule has 1 aromatic carbocycles. The molecule has 0 unspecified atom stereocenters. The highest BCUT2D eigenvalue weighted by atomic mass is 16.5. The van der Waals surface area contributed by atoms with Gasteiger partial charge in [0.1, 0.15) is 5.75 Å². The van der Waals surface area contributed by atoms with Crippen LogP contribution in [0.4, 0.5) is 0 Å². The second kappa shape index (κ2) is 5.90. The quantitative estimate of drug-likeness (QED) is 0.565. The van der Waals surface area contributed by atoms with Gasteiger partial charge in [-0.15, -0.1) is 0 Å². The Morgan fingerprint density at radius 3 is 2.62 bits per heavy atom. The van der Waals surface area contributed by atoms with Gasteiger partial charge in [0.25, 0.3) is 0 Å². The number of hydrogen-bond donors (Lipinski definition) is 0. The van der Waals surface area contributed by atoms with Gasteiger partial charge in [0.2, 0.25) is 0 Å². The molecule has 86 valence electrons. The third-order valence-corrected chi connectivity index (χ3v) is 1.95. The van der Waals surface area contributed by atoms with E-state index in [4.69, 9.17) is 9.47 Å².